The zero-order valence-corrected chi connectivity index (χ0v) is 96.6. The van der Waals surface area contributed by atoms with Crippen LogP contribution in [0.4, 0.5) is 4.79 Å². The number of aliphatic hydroxyl groups excluding tert-OH is 3. The number of nitriles is 2. The maximum atomic E-state index is 12.8. The maximum Gasteiger partial charge on any atom is 0.407 e. The minimum absolute atomic E-state index is 0.0119. The summed E-state index contributed by atoms with van der Waals surface area (Å²) in [6.07, 6.45) is 29.9. The molecule has 34 nitrogen and oxygen atoms in total. The van der Waals surface area contributed by atoms with Gasteiger partial charge in [-0.3, -0.25) is 38.6 Å². The number of amides is 6. The van der Waals surface area contributed by atoms with Crippen LogP contribution in [0.3, 0.4) is 0 Å². The fourth-order valence-corrected chi connectivity index (χ4v) is 27.0. The lowest BCUT2D eigenvalue weighted by Crippen LogP contribution is -2.51. The fourth-order valence-electron chi connectivity index (χ4n) is 22.8. The van der Waals surface area contributed by atoms with Gasteiger partial charge in [0.05, 0.1) is 93.8 Å². The molecule has 9 aliphatic rings. The summed E-state index contributed by atoms with van der Waals surface area (Å²) < 4.78 is 40.2. The van der Waals surface area contributed by atoms with Crippen LogP contribution in [-0.2, 0) is 61.3 Å². The predicted octanol–water partition coefficient (Wildman–Crippen LogP) is 17.8. The number of esters is 1. The molecule has 0 spiro atoms. The van der Waals surface area contributed by atoms with Crippen molar-refractivity contribution in [3.63, 3.8) is 0 Å². The monoisotopic (exact) mass is 2070 g/mol. The third-order valence-electron chi connectivity index (χ3n) is 30.0. The molecule has 5 aliphatic heterocycles. The Morgan fingerprint density at radius 2 is 1.10 bits per heavy atom. The van der Waals surface area contributed by atoms with Gasteiger partial charge in [-0.15, -0.1) is 10.2 Å². The number of alkyl carbamates (subject to hydrolysis) is 1. The molecular formula is C108H201N17O17P2. The van der Waals surface area contributed by atoms with Gasteiger partial charge in [0, 0.05) is 145 Å². The second-order valence-electron chi connectivity index (χ2n) is 43.0. The van der Waals surface area contributed by atoms with E-state index in [2.05, 4.69) is 179 Å². The van der Waals surface area contributed by atoms with E-state index in [1.54, 1.807) is 9.80 Å². The first-order valence-corrected chi connectivity index (χ1v) is 57.7. The number of Topliss-reactive ketones (excluding diaryl/α,β-unsaturated/α-hetero) is 1. The van der Waals surface area contributed by atoms with E-state index in [1.165, 1.54) is 95.9 Å². The Morgan fingerprint density at radius 1 is 0.569 bits per heavy atom. The van der Waals surface area contributed by atoms with E-state index >= 15 is 0 Å². The number of carbonyl (C=O) groups is 8. The first-order chi connectivity index (χ1) is 68.3. The number of aliphatic hydroxyl groups is 3. The molecule has 36 heteroatoms. The molecule has 1 aromatic heterocycles. The number of hydrogen-bond donors (Lipinski definition) is 6. The Labute approximate surface area is 872 Å². The van der Waals surface area contributed by atoms with E-state index in [9.17, 15) is 53.7 Å². The van der Waals surface area contributed by atoms with Gasteiger partial charge >= 0.3 is 12.1 Å². The Balaban J connectivity index is 0.000000459. The molecule has 1 aromatic rings. The number of aromatic nitrogens is 4. The number of β-amino-alcohol motifs (C(OH)–C–C–N with tert-alkyl or cyclic N) is 1. The molecule has 6 N–H and O–H groups in total. The van der Waals surface area contributed by atoms with Crippen LogP contribution >= 0.6 is 16.8 Å². The Morgan fingerprint density at radius 3 is 1.58 bits per heavy atom. The normalized spacial score (nSPS) is 25.9. The number of H-pyrrole nitrogens is 1. The van der Waals surface area contributed by atoms with Crippen molar-refractivity contribution < 1.29 is 81.5 Å². The number of nitrogens with zero attached hydrogens (tertiary/aromatic N) is 14. The van der Waals surface area contributed by atoms with E-state index in [0.29, 0.717) is 157 Å². The Hall–Kier alpha value is -6.07. The summed E-state index contributed by atoms with van der Waals surface area (Å²) in [5.74, 6) is 3.98. The number of hydrogen-bond acceptors (Lipinski definition) is 27. The zero-order valence-electron chi connectivity index (χ0n) is 94.8. The van der Waals surface area contributed by atoms with Gasteiger partial charge in [0.15, 0.2) is 14.8 Å². The summed E-state index contributed by atoms with van der Waals surface area (Å²) in [7, 11) is 5.90. The van der Waals surface area contributed by atoms with Gasteiger partial charge in [0.2, 0.25) is 37.9 Å². The summed E-state index contributed by atoms with van der Waals surface area (Å²) in [6, 6.07) is 6.90. The summed E-state index contributed by atoms with van der Waals surface area (Å²) >= 11 is 0. The number of ether oxygens (including phenoxy) is 3. The molecule has 0 aromatic carbocycles. The molecule has 10 rings (SSSR count). The number of carbonyl (C=O) groups excluding carboxylic acids is 8. The molecule has 144 heavy (non-hydrogen) atoms. The highest BCUT2D eigenvalue weighted by molar-refractivity contribution is 7.48. The summed E-state index contributed by atoms with van der Waals surface area (Å²) in [5.41, 5.74) is 2.26. The topological polar surface area (TPSA) is 408 Å². The van der Waals surface area contributed by atoms with Gasteiger partial charge in [-0.25, -0.2) is 14.1 Å². The standard InChI is InChI=1S/C37H62N2O5.C17H33N4O3P.C15H32N3OP.C14H23NO4.2C9H17NO2.C6H15N.CH2N4/c1-5-7-8-9-10-11-12-26-14-16-30-29-15-13-27-23-28(17-20-37(27,4)31(29)18-21-36(26,30)3)44-35(42)38-24-34(41)39-22-19-33(40)32(39)25-43-6-2;1-7-14-12-21(16(22)8-2)13-15(14)24-25(23-11-9-10-18)17(19(3)4)20(5)6;1-12(2)17(13(3)4)20(19-11-9-10-16)18(14(5)6)15(7)8;1-4-11-12(8-9-15(11)13(17)5-2)19-14(18)7-6-10(3)16;1-3-7-5-10(6-8(7)11)9(12)4-2;1-3-7-8(11)5-6-10(7)9(12)4-2;1-5(2)7-6(3)4;1-2-4-5-3-1/h13,26,28-33,40H,5-12,14-25H2,1-4H3,(H,38,42);14-15,17H,7-9,11-13H2,1-6H3;12-15H,9,11H2,1-8H3;11-12H,4-9H2,1-3H3;2*7-8,11H,3-6H2,1-2H3;5-7H,1-4H3;1H,(H,2,3,4,5)/t26-,28?,29?,30?,31?,32+,33+,36+,37-;14-,15+,25?;;11-,12-;7-,8+;7-,8-;;/m11.010../s1. The number of likely N-dealkylation sites (tertiary alicyclic amines) is 5. The lowest BCUT2D eigenvalue weighted by atomic mass is 9.47. The van der Waals surface area contributed by atoms with Crippen LogP contribution in [0, 0.1) is 69.0 Å². The van der Waals surface area contributed by atoms with Gasteiger partial charge in [-0.1, -0.05) is 159 Å². The summed E-state index contributed by atoms with van der Waals surface area (Å²) in [5, 5.41) is 65.0. The minimum atomic E-state index is -1.24. The van der Waals surface area contributed by atoms with E-state index in [0.717, 1.165) is 94.7 Å². The highest BCUT2D eigenvalue weighted by atomic mass is 31.2. The van der Waals surface area contributed by atoms with E-state index in [1.807, 2.05) is 98.3 Å². The quantitative estimate of drug-likeness (QED) is 0.0116. The number of tetrazole rings is 1. The maximum absolute atomic E-state index is 12.8. The molecule has 6 heterocycles. The number of ketones is 1. The van der Waals surface area contributed by atoms with Gasteiger partial charge < -0.3 is 83.0 Å². The van der Waals surface area contributed by atoms with Crippen molar-refractivity contribution in [2.75, 3.05) is 107 Å². The van der Waals surface area contributed by atoms with Crippen LogP contribution in [0.25, 0.3) is 0 Å². The lowest BCUT2D eigenvalue weighted by molar-refractivity contribution is -0.152. The van der Waals surface area contributed by atoms with Crippen molar-refractivity contribution in [2.45, 2.75) is 463 Å². The van der Waals surface area contributed by atoms with Crippen LogP contribution in [0.2, 0.25) is 0 Å². The van der Waals surface area contributed by atoms with Gasteiger partial charge in [0.1, 0.15) is 30.4 Å². The van der Waals surface area contributed by atoms with Crippen LogP contribution in [0.5, 0.6) is 0 Å². The number of rotatable bonds is 44. The third-order valence-corrected chi connectivity index (χ3v) is 35.2. The van der Waals surface area contributed by atoms with E-state index < -0.39 is 29.0 Å². The first-order valence-electron chi connectivity index (χ1n) is 55.3. The fraction of sp³-hybridized carbons (Fsp3) is 0.880. The zero-order chi connectivity index (χ0) is 108. The van der Waals surface area contributed by atoms with Crippen LogP contribution in [0.1, 0.15) is 366 Å². The van der Waals surface area contributed by atoms with Crippen molar-refractivity contribution >= 4 is 64.2 Å². The number of unbranched alkanes of at least 4 members (excludes halogenated alkanes) is 5. The second-order valence-corrected chi connectivity index (χ2v) is 46.1. The van der Waals surface area contributed by atoms with Gasteiger partial charge in [-0.05, 0) is 222 Å². The SMILES string of the molecule is CC(C)N(C(C)C)P(OCCC#N)N(C(C)C)C(C)C.CC(C)NC(C)C.CCC(=O)N1CC[C@H](O)[C@@H]1CC.CCC(=O)N1CC[C@H](OC(=O)CCC(C)=O)[C@@H]1CC.CCC(=O)N1C[C@@H](CC)[C@@H](O)C1.CCC(=O)N1C[C@@H](CC)[C@@H](OP(OCCC#N)C(N(C)C)N(C)C)C1.CCCCCCCC[C@@H]1CCC2C3CC=C4CC(OC(=O)NCC(=O)N5CC[C@H](O)[C@@H]5COCC)CC[C@@]4(C)C3CC[C@]21C.c1nn[nH]n1. The number of fused-ring (bicyclic) bond motifs is 5. The highest BCUT2D eigenvalue weighted by Gasteiger charge is 2.59. The molecule has 4 aliphatic carbocycles. The predicted molar refractivity (Wildman–Crippen MR) is 573 cm³/mol. The summed E-state index contributed by atoms with van der Waals surface area (Å²) in [6.45, 7) is 58.8. The molecule has 3 saturated carbocycles. The lowest BCUT2D eigenvalue weighted by Gasteiger charge is -2.58. The number of nitrogens with one attached hydrogen (secondary N) is 3. The molecule has 0 radical (unpaired) electrons. The minimum Gasteiger partial charge on any atom is -0.460 e. The van der Waals surface area contributed by atoms with Crippen molar-refractivity contribution in [3.8, 4) is 12.1 Å². The van der Waals surface area contributed by atoms with E-state index in [4.69, 9.17) is 38.3 Å². The summed E-state index contributed by atoms with van der Waals surface area (Å²) in [4.78, 5) is 108. The average molecular weight is 2070 g/mol. The first kappa shape index (κ1) is 132. The van der Waals surface area contributed by atoms with Crippen molar-refractivity contribution in [1.82, 2.24) is 74.9 Å². The van der Waals surface area contributed by atoms with Crippen molar-refractivity contribution in [1.29, 1.82) is 10.5 Å². The number of allylic oxidation sites excluding steroid dienone is 1. The van der Waals surface area contributed by atoms with Crippen LogP contribution in [0.15, 0.2) is 18.0 Å². The Kier molecular flexibility index (Phi) is 64.3. The molecule has 5 saturated heterocycles. The molecular weight excluding hydrogens is 1870 g/mol. The molecule has 0 bridgehead atoms. The van der Waals surface area contributed by atoms with Crippen LogP contribution < -0.4 is 10.6 Å². The largest absolute Gasteiger partial charge is 0.460 e. The van der Waals surface area contributed by atoms with Gasteiger partial charge in [-0.2, -0.15) is 15.7 Å². The molecule has 18 atom stereocenters. The smallest absolute Gasteiger partial charge is 0.407 e. The third kappa shape index (κ3) is 43.0. The van der Waals surface area contributed by atoms with Crippen LogP contribution in [-0.4, -0.2) is 331 Å². The van der Waals surface area contributed by atoms with Crippen molar-refractivity contribution in [3.05, 3.63) is 18.0 Å². The van der Waals surface area contributed by atoms with Crippen molar-refractivity contribution in [2.24, 2.45) is 46.3 Å². The average Bonchev–Trinajstić information content (AvgIpc) is 1.70. The molecule has 5 unspecified atom stereocenters. The molecule has 830 valence electrons. The molecule has 6 amide bonds. The Bertz CT molecular complexity index is 3830. The second kappa shape index (κ2) is 70.1. The highest BCUT2D eigenvalue weighted by Crippen LogP contribution is 2.67. The van der Waals surface area contributed by atoms with Gasteiger partial charge in [0.25, 0.3) is 0 Å². The number of aromatic amines is 1. The molecule has 8 fully saturated rings. The van der Waals surface area contributed by atoms with E-state index in [-0.39, 0.29) is 121 Å².